The number of aromatic carboxylic acids is 1. The first-order chi connectivity index (χ1) is 17.9. The van der Waals surface area contributed by atoms with Crippen LogP contribution in [-0.2, 0) is 0 Å². The van der Waals surface area contributed by atoms with E-state index in [9.17, 15) is 19.5 Å². The van der Waals surface area contributed by atoms with E-state index in [0.29, 0.717) is 30.1 Å². The van der Waals surface area contributed by atoms with Crippen LogP contribution in [0.5, 0.6) is 0 Å². The summed E-state index contributed by atoms with van der Waals surface area (Å²) >= 11 is 1.05. The highest BCUT2D eigenvalue weighted by Gasteiger charge is 2.29. The van der Waals surface area contributed by atoms with Gasteiger partial charge in [-0.05, 0) is 31.2 Å². The lowest BCUT2D eigenvalue weighted by Crippen LogP contribution is -2.50. The average Bonchev–Trinajstić information content (AvgIpc) is 3.22. The Morgan fingerprint density at radius 2 is 1.73 bits per heavy atom. The van der Waals surface area contributed by atoms with E-state index >= 15 is 0 Å². The number of carbonyl (C=O) groups is 3. The number of amides is 3. The molecule has 0 aromatic carbocycles. The van der Waals surface area contributed by atoms with Gasteiger partial charge in [0.1, 0.15) is 5.00 Å². The number of carboxylic acid groups (broad SMARTS) is 1. The number of nitrogens with zero attached hydrogens (tertiary/aromatic N) is 3. The molecule has 0 spiro atoms. The molecule has 2 aliphatic rings. The Morgan fingerprint density at radius 3 is 2.41 bits per heavy atom. The van der Waals surface area contributed by atoms with Crippen LogP contribution < -0.4 is 10.6 Å². The first kappa shape index (κ1) is 28.7. The lowest BCUT2D eigenvalue weighted by Gasteiger charge is -2.35. The van der Waals surface area contributed by atoms with Crippen LogP contribution in [0.2, 0.25) is 0 Å². The molecule has 204 valence electrons. The van der Waals surface area contributed by atoms with Gasteiger partial charge in [-0.2, -0.15) is 0 Å². The molecule has 3 amide bonds. The molecule has 1 saturated heterocycles. The zero-order valence-corrected chi connectivity index (χ0v) is 22.9. The Morgan fingerprint density at radius 1 is 1.00 bits per heavy atom. The van der Waals surface area contributed by atoms with Crippen LogP contribution in [0.1, 0.15) is 71.0 Å². The van der Waals surface area contributed by atoms with Crippen molar-refractivity contribution in [1.82, 2.24) is 20.0 Å². The number of anilines is 1. The van der Waals surface area contributed by atoms with Crippen LogP contribution >= 0.6 is 11.3 Å². The van der Waals surface area contributed by atoms with Crippen LogP contribution in [0.15, 0.2) is 24.4 Å². The second kappa shape index (κ2) is 14.8. The number of piperazine rings is 1. The van der Waals surface area contributed by atoms with Crippen molar-refractivity contribution in [2.45, 2.75) is 52.4 Å². The highest BCUT2D eigenvalue weighted by atomic mass is 32.1. The molecule has 3 rings (SSSR count). The van der Waals surface area contributed by atoms with Gasteiger partial charge in [-0.15, -0.1) is 11.3 Å². The topological polar surface area (TPSA) is 105 Å². The normalized spacial score (nSPS) is 15.7. The van der Waals surface area contributed by atoms with Crippen LogP contribution in [0.25, 0.3) is 0 Å². The van der Waals surface area contributed by atoms with Gasteiger partial charge in [0.2, 0.25) is 0 Å². The van der Waals surface area contributed by atoms with Crippen molar-refractivity contribution in [2.24, 2.45) is 0 Å². The lowest BCUT2D eigenvalue weighted by atomic mass is 10.1. The van der Waals surface area contributed by atoms with Crippen molar-refractivity contribution in [3.63, 3.8) is 0 Å². The van der Waals surface area contributed by atoms with Crippen molar-refractivity contribution in [3.05, 3.63) is 40.4 Å². The minimum absolute atomic E-state index is 0.00895. The van der Waals surface area contributed by atoms with Gasteiger partial charge in [0, 0.05) is 52.4 Å². The van der Waals surface area contributed by atoms with Gasteiger partial charge in [-0.25, -0.2) is 9.59 Å². The number of carbonyl (C=O) groups excluding carboxylic acids is 2. The molecular formula is C27H41N5O4S. The molecule has 0 atom stereocenters. The van der Waals surface area contributed by atoms with Gasteiger partial charge in [0.15, 0.2) is 0 Å². The molecule has 0 unspecified atom stereocenters. The summed E-state index contributed by atoms with van der Waals surface area (Å²) in [6.07, 6.45) is 15.0. The molecule has 2 aliphatic heterocycles. The Labute approximate surface area is 224 Å². The first-order valence-corrected chi connectivity index (χ1v) is 14.2. The van der Waals surface area contributed by atoms with E-state index in [-0.39, 0.29) is 16.5 Å². The lowest BCUT2D eigenvalue weighted by molar-refractivity contribution is 0.0634. The second-order valence-electron chi connectivity index (χ2n) is 9.61. The SMILES string of the molecule is CCCCCCCCNC(=O)Nc1sc(C(=O)N2CCN(CCN3C=CC=CC3)CC2)c(C)c1C(=O)O. The van der Waals surface area contributed by atoms with E-state index in [2.05, 4.69) is 39.6 Å². The molecule has 10 heteroatoms. The number of urea groups is 1. The average molecular weight is 532 g/mol. The Balaban J connectivity index is 1.50. The third-order valence-electron chi connectivity index (χ3n) is 6.84. The summed E-state index contributed by atoms with van der Waals surface area (Å²) in [4.78, 5) is 44.4. The number of thiophene rings is 1. The minimum Gasteiger partial charge on any atom is -0.478 e. The van der Waals surface area contributed by atoms with Crippen molar-refractivity contribution in [3.8, 4) is 0 Å². The third kappa shape index (κ3) is 8.60. The molecule has 1 aromatic heterocycles. The fraction of sp³-hybridized carbons (Fsp3) is 0.593. The predicted molar refractivity (Wildman–Crippen MR) is 149 cm³/mol. The molecule has 3 heterocycles. The minimum atomic E-state index is -1.15. The smallest absolute Gasteiger partial charge is 0.339 e. The third-order valence-corrected chi connectivity index (χ3v) is 8.04. The summed E-state index contributed by atoms with van der Waals surface area (Å²) in [5, 5.41) is 15.5. The Hall–Kier alpha value is -2.85. The second-order valence-corrected chi connectivity index (χ2v) is 10.6. The fourth-order valence-corrected chi connectivity index (χ4v) is 5.74. The highest BCUT2D eigenvalue weighted by molar-refractivity contribution is 7.18. The summed E-state index contributed by atoms with van der Waals surface area (Å²) < 4.78 is 0. The Kier molecular flexibility index (Phi) is 11.5. The van der Waals surface area contributed by atoms with Crippen LogP contribution in [-0.4, -0.2) is 90.1 Å². The van der Waals surface area contributed by atoms with E-state index in [4.69, 9.17) is 0 Å². The van der Waals surface area contributed by atoms with Crippen LogP contribution in [0.3, 0.4) is 0 Å². The van der Waals surface area contributed by atoms with Gasteiger partial charge in [-0.3, -0.25) is 15.0 Å². The van der Waals surface area contributed by atoms with Crippen molar-refractivity contribution in [1.29, 1.82) is 0 Å². The number of hydrogen-bond donors (Lipinski definition) is 3. The molecule has 0 aliphatic carbocycles. The number of nitrogens with one attached hydrogen (secondary N) is 2. The zero-order chi connectivity index (χ0) is 26.6. The summed E-state index contributed by atoms with van der Waals surface area (Å²) in [5.74, 6) is -1.32. The number of unbranched alkanes of at least 4 members (excludes halogenated alkanes) is 5. The zero-order valence-electron chi connectivity index (χ0n) is 22.1. The molecule has 1 aromatic rings. The van der Waals surface area contributed by atoms with Gasteiger partial charge in [-0.1, -0.05) is 51.2 Å². The number of allylic oxidation sites excluding steroid dienone is 2. The number of hydrogen-bond acceptors (Lipinski definition) is 6. The van der Waals surface area contributed by atoms with Gasteiger partial charge >= 0.3 is 12.0 Å². The van der Waals surface area contributed by atoms with Crippen LogP contribution in [0, 0.1) is 6.92 Å². The van der Waals surface area contributed by atoms with Gasteiger partial charge < -0.3 is 20.2 Å². The Bertz CT molecular complexity index is 982. The van der Waals surface area contributed by atoms with Crippen LogP contribution in [0.4, 0.5) is 9.80 Å². The van der Waals surface area contributed by atoms with E-state index < -0.39 is 12.0 Å². The van der Waals surface area contributed by atoms with E-state index in [1.807, 2.05) is 12.2 Å². The van der Waals surface area contributed by atoms with Crippen molar-refractivity contribution >= 4 is 34.2 Å². The maximum atomic E-state index is 13.3. The summed E-state index contributed by atoms with van der Waals surface area (Å²) in [7, 11) is 0. The molecule has 3 N–H and O–H groups in total. The highest BCUT2D eigenvalue weighted by Crippen LogP contribution is 2.34. The van der Waals surface area contributed by atoms with E-state index in [0.717, 1.165) is 63.3 Å². The maximum absolute atomic E-state index is 13.3. The van der Waals surface area contributed by atoms with Crippen molar-refractivity contribution in [2.75, 3.05) is 57.7 Å². The monoisotopic (exact) mass is 531 g/mol. The molecular weight excluding hydrogens is 490 g/mol. The molecule has 0 radical (unpaired) electrons. The first-order valence-electron chi connectivity index (χ1n) is 13.4. The molecule has 0 bridgehead atoms. The number of carboxylic acids is 1. The molecule has 0 saturated carbocycles. The summed E-state index contributed by atoms with van der Waals surface area (Å²) in [6.45, 7) is 9.90. The summed E-state index contributed by atoms with van der Waals surface area (Å²) in [5.41, 5.74) is 0.395. The molecule has 1 fully saturated rings. The predicted octanol–water partition coefficient (Wildman–Crippen LogP) is 4.38. The van der Waals surface area contributed by atoms with Gasteiger partial charge in [0.25, 0.3) is 5.91 Å². The maximum Gasteiger partial charge on any atom is 0.339 e. The quantitative estimate of drug-likeness (QED) is 0.326. The standard InChI is InChI=1S/C27H41N5O4S/c1-3-4-5-6-7-9-12-28-27(36)29-24-22(26(34)35)21(2)23(37-24)25(33)32-19-17-31(18-20-32)16-15-30-13-10-8-11-14-30/h8,10-11,13H,3-7,9,12,14-20H2,1-2H3,(H,34,35)(H2,28,29,36). The molecule has 9 nitrogen and oxygen atoms in total. The summed E-state index contributed by atoms with van der Waals surface area (Å²) in [6, 6.07) is -0.441. The molecule has 37 heavy (non-hydrogen) atoms. The van der Waals surface area contributed by atoms with E-state index in [1.54, 1.807) is 11.8 Å². The van der Waals surface area contributed by atoms with Crippen molar-refractivity contribution < 1.29 is 19.5 Å². The largest absolute Gasteiger partial charge is 0.478 e. The fourth-order valence-electron chi connectivity index (χ4n) is 4.58. The van der Waals surface area contributed by atoms with Gasteiger partial charge in [0.05, 0.1) is 10.4 Å². The number of rotatable bonds is 13. The van der Waals surface area contributed by atoms with E-state index in [1.165, 1.54) is 19.3 Å².